The maximum absolute atomic E-state index is 14.5. The van der Waals surface area contributed by atoms with Gasteiger partial charge in [0.1, 0.15) is 17.9 Å². The van der Waals surface area contributed by atoms with Crippen LogP contribution in [0.25, 0.3) is 0 Å². The molecule has 0 radical (unpaired) electrons. The number of hydrogen-bond donors (Lipinski definition) is 3. The summed E-state index contributed by atoms with van der Waals surface area (Å²) in [5.74, 6) is -1.49. The summed E-state index contributed by atoms with van der Waals surface area (Å²) < 4.78 is 87.9. The summed E-state index contributed by atoms with van der Waals surface area (Å²) in [5.41, 5.74) is -0.0165. The summed E-state index contributed by atoms with van der Waals surface area (Å²) in [6.45, 7) is 2.75. The number of nitrogens with zero attached hydrogens (tertiary/aromatic N) is 1. The Hall–Kier alpha value is -3.07. The number of benzene rings is 2. The summed E-state index contributed by atoms with van der Waals surface area (Å²) in [7, 11) is -3.81. The largest absolute Gasteiger partial charge is 0.416 e. The van der Waals surface area contributed by atoms with Gasteiger partial charge in [0.25, 0.3) is 0 Å². The highest BCUT2D eigenvalue weighted by molar-refractivity contribution is 7.88. The van der Waals surface area contributed by atoms with Crippen molar-refractivity contribution in [3.63, 3.8) is 0 Å². The lowest BCUT2D eigenvalue weighted by Crippen LogP contribution is -2.53. The van der Waals surface area contributed by atoms with Crippen molar-refractivity contribution in [3.05, 3.63) is 70.5 Å². The number of carbonyl (C=O) groups is 2. The van der Waals surface area contributed by atoms with Gasteiger partial charge in [-0.05, 0) is 74.9 Å². The standard InChI is InChI=1S/C31H40F4N4O5S/c1-20-7-9-23(26(32)15-20)19-44-24-16-28(29(40)37-17-22-5-3-4-6-25(22)31(33,34)35)39(18-24)30(41)27(38-45(2,42)43)10-8-21-11-13-36-14-12-21/h3-7,9,15,21,24,27-28,36,38H,8,10-14,16-19H2,1-2H3,(H,37,40)/t24-,27-,28+/m1/s1. The zero-order valence-corrected chi connectivity index (χ0v) is 26.1. The molecule has 2 aliphatic rings. The number of halogens is 4. The van der Waals surface area contributed by atoms with Gasteiger partial charge in [-0.2, -0.15) is 13.2 Å². The first-order chi connectivity index (χ1) is 21.2. The van der Waals surface area contributed by atoms with Crippen molar-refractivity contribution in [3.8, 4) is 0 Å². The molecule has 248 valence electrons. The van der Waals surface area contributed by atoms with Crippen molar-refractivity contribution in [1.29, 1.82) is 0 Å². The van der Waals surface area contributed by atoms with Crippen LogP contribution in [0.15, 0.2) is 42.5 Å². The number of aryl methyl sites for hydroxylation is 1. The number of sulfonamides is 1. The van der Waals surface area contributed by atoms with E-state index in [4.69, 9.17) is 4.74 Å². The van der Waals surface area contributed by atoms with Crippen LogP contribution in [0.4, 0.5) is 17.6 Å². The minimum Gasteiger partial charge on any atom is -0.371 e. The number of alkyl halides is 3. The van der Waals surface area contributed by atoms with E-state index in [-0.39, 0.29) is 37.1 Å². The van der Waals surface area contributed by atoms with Gasteiger partial charge in [0.15, 0.2) is 0 Å². The maximum Gasteiger partial charge on any atom is 0.416 e. The normalized spacial score (nSPS) is 20.3. The molecule has 2 amide bonds. The van der Waals surface area contributed by atoms with Gasteiger partial charge in [-0.1, -0.05) is 30.3 Å². The molecule has 0 unspecified atom stereocenters. The molecule has 45 heavy (non-hydrogen) atoms. The first kappa shape index (κ1) is 34.8. The molecule has 2 aliphatic heterocycles. The Bertz CT molecular complexity index is 1450. The van der Waals surface area contributed by atoms with Gasteiger partial charge in [0.2, 0.25) is 21.8 Å². The third kappa shape index (κ3) is 9.96. The zero-order valence-electron chi connectivity index (χ0n) is 25.3. The van der Waals surface area contributed by atoms with E-state index in [1.165, 1.54) is 29.2 Å². The number of rotatable bonds is 12. The van der Waals surface area contributed by atoms with Crippen LogP contribution in [-0.2, 0) is 43.7 Å². The monoisotopic (exact) mass is 656 g/mol. The van der Waals surface area contributed by atoms with E-state index in [9.17, 15) is 35.6 Å². The highest BCUT2D eigenvalue weighted by Crippen LogP contribution is 2.32. The molecule has 9 nitrogen and oxygen atoms in total. The Morgan fingerprint density at radius 2 is 1.82 bits per heavy atom. The van der Waals surface area contributed by atoms with Crippen molar-refractivity contribution >= 4 is 21.8 Å². The van der Waals surface area contributed by atoms with Crippen LogP contribution in [0, 0.1) is 18.7 Å². The fourth-order valence-electron chi connectivity index (χ4n) is 5.90. The summed E-state index contributed by atoms with van der Waals surface area (Å²) >= 11 is 0. The molecule has 2 aromatic carbocycles. The Morgan fingerprint density at radius 1 is 1.11 bits per heavy atom. The van der Waals surface area contributed by atoms with Crippen molar-refractivity contribution in [1.82, 2.24) is 20.3 Å². The fraction of sp³-hybridized carbons (Fsp3) is 0.548. The van der Waals surface area contributed by atoms with E-state index < -0.39 is 64.1 Å². The first-order valence-electron chi connectivity index (χ1n) is 15.0. The lowest BCUT2D eigenvalue weighted by molar-refractivity contribution is -0.140. The number of nitrogens with one attached hydrogen (secondary N) is 3. The van der Waals surface area contributed by atoms with Crippen molar-refractivity contribution in [2.75, 3.05) is 25.9 Å². The van der Waals surface area contributed by atoms with Gasteiger partial charge in [-0.3, -0.25) is 9.59 Å². The van der Waals surface area contributed by atoms with E-state index in [1.807, 2.05) is 0 Å². The third-order valence-electron chi connectivity index (χ3n) is 8.28. The fourth-order valence-corrected chi connectivity index (χ4v) is 6.64. The van der Waals surface area contributed by atoms with Crippen molar-refractivity contribution in [2.24, 2.45) is 5.92 Å². The van der Waals surface area contributed by atoms with Crippen LogP contribution in [-0.4, -0.2) is 69.2 Å². The van der Waals surface area contributed by atoms with E-state index >= 15 is 0 Å². The molecule has 0 bridgehead atoms. The lowest BCUT2D eigenvalue weighted by Gasteiger charge is -2.30. The van der Waals surface area contributed by atoms with Gasteiger partial charge >= 0.3 is 6.18 Å². The molecule has 0 aliphatic carbocycles. The van der Waals surface area contributed by atoms with Crippen molar-refractivity contribution in [2.45, 2.75) is 76.5 Å². The highest BCUT2D eigenvalue weighted by atomic mass is 32.2. The Morgan fingerprint density at radius 3 is 2.49 bits per heavy atom. The summed E-state index contributed by atoms with van der Waals surface area (Å²) in [5, 5.41) is 5.79. The number of hydrogen-bond acceptors (Lipinski definition) is 6. The van der Waals surface area contributed by atoms with Crippen LogP contribution < -0.4 is 15.4 Å². The number of carbonyl (C=O) groups excluding carboxylic acids is 2. The van der Waals surface area contributed by atoms with E-state index in [0.29, 0.717) is 12.3 Å². The minimum atomic E-state index is -4.63. The van der Waals surface area contributed by atoms with Gasteiger partial charge in [-0.15, -0.1) is 0 Å². The lowest BCUT2D eigenvalue weighted by atomic mass is 9.91. The zero-order chi connectivity index (χ0) is 32.8. The molecule has 2 heterocycles. The predicted molar refractivity (Wildman–Crippen MR) is 160 cm³/mol. The second kappa shape index (κ2) is 15.0. The summed E-state index contributed by atoms with van der Waals surface area (Å²) in [6.07, 6.45) is -1.82. The molecule has 0 spiro atoms. The molecular formula is C31H40F4N4O5S. The molecule has 2 saturated heterocycles. The predicted octanol–water partition coefficient (Wildman–Crippen LogP) is 3.65. The number of piperidine rings is 1. The SMILES string of the molecule is Cc1ccc(CO[C@@H]2C[C@@H](C(=O)NCc3ccccc3C(F)(F)F)N(C(=O)[C@@H](CCC3CCNCC3)NS(C)(=O)=O)C2)c(F)c1. The number of likely N-dealkylation sites (tertiary alicyclic amines) is 1. The quantitative estimate of drug-likeness (QED) is 0.301. The molecule has 2 aromatic rings. The van der Waals surface area contributed by atoms with Crippen LogP contribution >= 0.6 is 0 Å². The average molecular weight is 657 g/mol. The van der Waals surface area contributed by atoms with E-state index in [1.54, 1.807) is 19.1 Å². The topological polar surface area (TPSA) is 117 Å². The van der Waals surface area contributed by atoms with Crippen LogP contribution in [0.3, 0.4) is 0 Å². The van der Waals surface area contributed by atoms with Gasteiger partial charge in [0, 0.05) is 25.1 Å². The minimum absolute atomic E-state index is 0.00807. The Kier molecular flexibility index (Phi) is 11.6. The van der Waals surface area contributed by atoms with Gasteiger partial charge < -0.3 is 20.3 Å². The van der Waals surface area contributed by atoms with Gasteiger partial charge in [-0.25, -0.2) is 17.5 Å². The molecule has 0 aromatic heterocycles. The Labute approximate surface area is 261 Å². The van der Waals surface area contributed by atoms with Crippen LogP contribution in [0.1, 0.15) is 54.4 Å². The second-order valence-electron chi connectivity index (χ2n) is 11.9. The molecule has 2 fully saturated rings. The smallest absolute Gasteiger partial charge is 0.371 e. The third-order valence-corrected chi connectivity index (χ3v) is 9.00. The number of ether oxygens (including phenoxy) is 1. The molecule has 14 heteroatoms. The first-order valence-corrected chi connectivity index (χ1v) is 16.9. The van der Waals surface area contributed by atoms with Crippen LogP contribution in [0.5, 0.6) is 0 Å². The number of amides is 2. The Balaban J connectivity index is 1.53. The molecule has 3 atom stereocenters. The molecular weight excluding hydrogens is 616 g/mol. The molecule has 0 saturated carbocycles. The summed E-state index contributed by atoms with van der Waals surface area (Å²) in [6, 6.07) is 7.24. The van der Waals surface area contributed by atoms with Crippen LogP contribution in [0.2, 0.25) is 0 Å². The van der Waals surface area contributed by atoms with E-state index in [2.05, 4.69) is 15.4 Å². The van der Waals surface area contributed by atoms with E-state index in [0.717, 1.165) is 43.8 Å². The summed E-state index contributed by atoms with van der Waals surface area (Å²) in [4.78, 5) is 28.6. The van der Waals surface area contributed by atoms with Crippen molar-refractivity contribution < 1.29 is 40.3 Å². The molecule has 4 rings (SSSR count). The second-order valence-corrected chi connectivity index (χ2v) is 13.6. The average Bonchev–Trinajstić information content (AvgIpc) is 3.41. The maximum atomic E-state index is 14.5. The highest BCUT2D eigenvalue weighted by Gasteiger charge is 2.43. The van der Waals surface area contributed by atoms with Gasteiger partial charge in [0.05, 0.1) is 24.5 Å². The molecule has 3 N–H and O–H groups in total.